The van der Waals surface area contributed by atoms with Crippen LogP contribution in [0.5, 0.6) is 0 Å². The molecule has 0 aliphatic rings. The number of nitrogens with zero attached hydrogens (tertiary/aromatic N) is 1. The van der Waals surface area contributed by atoms with Gasteiger partial charge in [0.15, 0.2) is 9.84 Å². The van der Waals surface area contributed by atoms with Crippen molar-refractivity contribution in [2.45, 2.75) is 11.8 Å². The molecule has 0 unspecified atom stereocenters. The van der Waals surface area contributed by atoms with Gasteiger partial charge in [-0.2, -0.15) is 0 Å². The average molecular weight is 320 g/mol. The molecule has 0 aliphatic heterocycles. The lowest BCUT2D eigenvalue weighted by molar-refractivity contribution is -0.143. The molecule has 0 atom stereocenters. The Bertz CT molecular complexity index is 597. The SMILES string of the molecule is CCN(CC(=O)O)C(=O)CS(=O)(=O)c1ccc(Cl)cc1. The van der Waals surface area contributed by atoms with Crippen LogP contribution in [0.1, 0.15) is 6.92 Å². The number of hydrogen-bond acceptors (Lipinski definition) is 4. The summed E-state index contributed by atoms with van der Waals surface area (Å²) in [5, 5.41) is 9.04. The number of sulfone groups is 1. The van der Waals surface area contributed by atoms with Crippen molar-refractivity contribution in [3.05, 3.63) is 29.3 Å². The first-order chi connectivity index (χ1) is 9.26. The van der Waals surface area contributed by atoms with Crippen molar-refractivity contribution in [1.82, 2.24) is 4.90 Å². The van der Waals surface area contributed by atoms with Crippen molar-refractivity contribution in [3.63, 3.8) is 0 Å². The van der Waals surface area contributed by atoms with E-state index >= 15 is 0 Å². The Morgan fingerprint density at radius 2 is 1.80 bits per heavy atom. The van der Waals surface area contributed by atoms with Gasteiger partial charge in [0.2, 0.25) is 5.91 Å². The number of carboxylic acids is 1. The van der Waals surface area contributed by atoms with E-state index in [9.17, 15) is 18.0 Å². The van der Waals surface area contributed by atoms with Crippen LogP contribution in [0.4, 0.5) is 0 Å². The molecule has 0 fully saturated rings. The highest BCUT2D eigenvalue weighted by molar-refractivity contribution is 7.92. The summed E-state index contributed by atoms with van der Waals surface area (Å²) in [5.41, 5.74) is 0. The molecule has 0 bridgehead atoms. The minimum absolute atomic E-state index is 0.0263. The maximum Gasteiger partial charge on any atom is 0.323 e. The number of amides is 1. The summed E-state index contributed by atoms with van der Waals surface area (Å²) in [6, 6.07) is 5.43. The molecule has 1 amide bonds. The molecule has 0 saturated heterocycles. The van der Waals surface area contributed by atoms with Crippen LogP contribution >= 0.6 is 11.6 Å². The van der Waals surface area contributed by atoms with Crippen LogP contribution in [0, 0.1) is 0 Å². The van der Waals surface area contributed by atoms with Crippen LogP contribution in [0.2, 0.25) is 5.02 Å². The first kappa shape index (κ1) is 16.5. The minimum atomic E-state index is -3.81. The van der Waals surface area contributed by atoms with E-state index in [2.05, 4.69) is 0 Å². The van der Waals surface area contributed by atoms with Gasteiger partial charge in [-0.15, -0.1) is 0 Å². The molecule has 0 aromatic heterocycles. The zero-order valence-electron chi connectivity index (χ0n) is 10.7. The molecule has 20 heavy (non-hydrogen) atoms. The zero-order chi connectivity index (χ0) is 15.3. The topological polar surface area (TPSA) is 91.8 Å². The van der Waals surface area contributed by atoms with Crippen molar-refractivity contribution < 1.29 is 23.1 Å². The summed E-state index contributed by atoms with van der Waals surface area (Å²) in [5.74, 6) is -2.70. The highest BCUT2D eigenvalue weighted by atomic mass is 35.5. The van der Waals surface area contributed by atoms with Crippen LogP contribution in [0.3, 0.4) is 0 Å². The lowest BCUT2D eigenvalue weighted by Crippen LogP contribution is -2.39. The van der Waals surface area contributed by atoms with E-state index in [4.69, 9.17) is 16.7 Å². The van der Waals surface area contributed by atoms with Crippen LogP contribution < -0.4 is 0 Å². The zero-order valence-corrected chi connectivity index (χ0v) is 12.3. The Labute approximate surface area is 121 Å². The number of carbonyl (C=O) groups is 2. The smallest absolute Gasteiger partial charge is 0.323 e. The quantitative estimate of drug-likeness (QED) is 0.846. The van der Waals surface area contributed by atoms with Gasteiger partial charge >= 0.3 is 5.97 Å². The number of halogens is 1. The van der Waals surface area contributed by atoms with Crippen molar-refractivity contribution in [1.29, 1.82) is 0 Å². The van der Waals surface area contributed by atoms with E-state index in [1.807, 2.05) is 0 Å². The monoisotopic (exact) mass is 319 g/mol. The Kier molecular flexibility index (Phi) is 5.52. The van der Waals surface area contributed by atoms with Crippen LogP contribution in [0.25, 0.3) is 0 Å². The average Bonchev–Trinajstić information content (AvgIpc) is 2.35. The van der Waals surface area contributed by atoms with E-state index in [1.165, 1.54) is 24.3 Å². The molecule has 1 N–H and O–H groups in total. The van der Waals surface area contributed by atoms with E-state index in [0.29, 0.717) is 5.02 Å². The fourth-order valence-electron chi connectivity index (χ4n) is 1.52. The minimum Gasteiger partial charge on any atom is -0.480 e. The standard InChI is InChI=1S/C12H14ClNO5S/c1-2-14(7-12(16)17)11(15)8-20(18,19)10-5-3-9(13)4-6-10/h3-6H,2,7-8H2,1H3,(H,16,17). The second kappa shape index (κ2) is 6.71. The molecule has 1 aromatic carbocycles. The normalized spacial score (nSPS) is 11.1. The maximum atomic E-state index is 12.0. The third-order valence-electron chi connectivity index (χ3n) is 2.55. The van der Waals surface area contributed by atoms with Crippen molar-refractivity contribution >= 4 is 33.3 Å². The Morgan fingerprint density at radius 1 is 1.25 bits per heavy atom. The molecule has 1 aromatic rings. The van der Waals surface area contributed by atoms with Gasteiger partial charge < -0.3 is 10.0 Å². The van der Waals surface area contributed by atoms with Crippen LogP contribution in [0.15, 0.2) is 29.2 Å². The summed E-state index contributed by atoms with van der Waals surface area (Å²) >= 11 is 5.66. The molecule has 6 nitrogen and oxygen atoms in total. The highest BCUT2D eigenvalue weighted by Crippen LogP contribution is 2.15. The fraction of sp³-hybridized carbons (Fsp3) is 0.333. The van der Waals surface area contributed by atoms with Crippen molar-refractivity contribution in [2.24, 2.45) is 0 Å². The number of likely N-dealkylation sites (N-methyl/N-ethyl adjacent to an activating group) is 1. The molecule has 8 heteroatoms. The summed E-state index contributed by atoms with van der Waals surface area (Å²) in [6.45, 7) is 1.18. The Hall–Kier alpha value is -1.60. The number of aliphatic carboxylic acids is 1. The molecule has 0 heterocycles. The van der Waals surface area contributed by atoms with Gasteiger partial charge in [-0.3, -0.25) is 9.59 Å². The summed E-state index contributed by atoms with van der Waals surface area (Å²) in [4.78, 5) is 23.4. The molecule has 110 valence electrons. The summed E-state index contributed by atoms with van der Waals surface area (Å²) < 4.78 is 24.0. The van der Waals surface area contributed by atoms with Crippen molar-refractivity contribution in [3.8, 4) is 0 Å². The number of carboxylic acid groups (broad SMARTS) is 1. The van der Waals surface area contributed by atoms with Gasteiger partial charge in [-0.25, -0.2) is 8.42 Å². The summed E-state index contributed by atoms with van der Waals surface area (Å²) in [7, 11) is -3.81. The second-order valence-corrected chi connectivity index (χ2v) is 6.44. The van der Waals surface area contributed by atoms with E-state index in [-0.39, 0.29) is 11.4 Å². The molecule has 0 aliphatic carbocycles. The largest absolute Gasteiger partial charge is 0.480 e. The molecular formula is C12H14ClNO5S. The van der Waals surface area contributed by atoms with Crippen molar-refractivity contribution in [2.75, 3.05) is 18.8 Å². The van der Waals surface area contributed by atoms with Crippen LogP contribution in [-0.2, 0) is 19.4 Å². The predicted molar refractivity (Wildman–Crippen MR) is 73.4 cm³/mol. The molecule has 0 saturated carbocycles. The lowest BCUT2D eigenvalue weighted by atomic mass is 10.4. The Balaban J connectivity index is 2.87. The van der Waals surface area contributed by atoms with Gasteiger partial charge in [-0.1, -0.05) is 11.6 Å². The third kappa shape index (κ3) is 4.50. The maximum absolute atomic E-state index is 12.0. The van der Waals surface area contributed by atoms with Gasteiger partial charge in [0, 0.05) is 11.6 Å². The van der Waals surface area contributed by atoms with Gasteiger partial charge in [0.1, 0.15) is 12.3 Å². The fourth-order valence-corrected chi connectivity index (χ4v) is 2.87. The highest BCUT2D eigenvalue weighted by Gasteiger charge is 2.23. The molecule has 0 radical (unpaired) electrons. The van der Waals surface area contributed by atoms with Gasteiger partial charge in [0.25, 0.3) is 0 Å². The first-order valence-corrected chi connectivity index (χ1v) is 7.77. The number of benzene rings is 1. The molecular weight excluding hydrogens is 306 g/mol. The van der Waals surface area contributed by atoms with Crippen LogP contribution in [-0.4, -0.2) is 49.1 Å². The number of carbonyl (C=O) groups excluding carboxylic acids is 1. The first-order valence-electron chi connectivity index (χ1n) is 5.74. The lowest BCUT2D eigenvalue weighted by Gasteiger charge is -2.18. The van der Waals surface area contributed by atoms with E-state index in [0.717, 1.165) is 4.90 Å². The molecule has 0 spiro atoms. The number of rotatable bonds is 6. The predicted octanol–water partition coefficient (Wildman–Crippen LogP) is 1.05. The van der Waals surface area contributed by atoms with Gasteiger partial charge in [-0.05, 0) is 31.2 Å². The number of hydrogen-bond donors (Lipinski definition) is 1. The summed E-state index contributed by atoms with van der Waals surface area (Å²) in [6.07, 6.45) is 0. The second-order valence-electron chi connectivity index (χ2n) is 4.01. The Morgan fingerprint density at radius 3 is 2.25 bits per heavy atom. The molecule has 1 rings (SSSR count). The van der Waals surface area contributed by atoms with E-state index in [1.54, 1.807) is 6.92 Å². The van der Waals surface area contributed by atoms with Gasteiger partial charge in [0.05, 0.1) is 4.90 Å². The third-order valence-corrected chi connectivity index (χ3v) is 4.42. The van der Waals surface area contributed by atoms with E-state index < -0.39 is 34.0 Å².